The third kappa shape index (κ3) is 4.34. The second kappa shape index (κ2) is 8.92. The van der Waals surface area contributed by atoms with Gasteiger partial charge in [-0.25, -0.2) is 18.0 Å². The van der Waals surface area contributed by atoms with E-state index in [1.165, 1.54) is 17.6 Å². The predicted octanol–water partition coefficient (Wildman–Crippen LogP) is 4.60. The molecule has 7 nitrogen and oxygen atoms in total. The largest absolute Gasteiger partial charge is 0.511 e. The monoisotopic (exact) mass is 489 g/mol. The Bertz CT molecular complexity index is 1390. The molecular formula is C25H26F3N3O4. The lowest BCUT2D eigenvalue weighted by molar-refractivity contribution is 0.144. The van der Waals surface area contributed by atoms with Crippen LogP contribution < -0.4 is 20.4 Å². The van der Waals surface area contributed by atoms with Crippen LogP contribution in [0.3, 0.4) is 0 Å². The summed E-state index contributed by atoms with van der Waals surface area (Å²) < 4.78 is 49.8. The summed E-state index contributed by atoms with van der Waals surface area (Å²) in [7, 11) is 1.87. The first-order valence-corrected chi connectivity index (χ1v) is 11.1. The standard InChI is InChI=1S/C25H26F3N3O4/c1-13-21-18(10-19(22(13)28)30-8-7-14(11-30)25(2,3)29-4)31(12-20(23(21)32)35-24(33)34)17-6-5-15(26)9-16(17)27/h5-6,9-10,12,14,29H,7-8,11H2,1-4H3,(H,33,34)/t14-/m1/s1. The van der Waals surface area contributed by atoms with Crippen molar-refractivity contribution in [3.05, 3.63) is 63.7 Å². The van der Waals surface area contributed by atoms with Crippen LogP contribution in [0.5, 0.6) is 5.75 Å². The molecule has 1 fully saturated rings. The molecule has 4 rings (SSSR count). The second-order valence-electron chi connectivity index (χ2n) is 9.29. The molecule has 0 bridgehead atoms. The summed E-state index contributed by atoms with van der Waals surface area (Å²) in [6.45, 7) is 6.69. The summed E-state index contributed by atoms with van der Waals surface area (Å²) >= 11 is 0. The van der Waals surface area contributed by atoms with Crippen LogP contribution in [-0.4, -0.2) is 41.5 Å². The van der Waals surface area contributed by atoms with Crippen LogP contribution in [0.1, 0.15) is 25.8 Å². The van der Waals surface area contributed by atoms with Crippen LogP contribution in [0.4, 0.5) is 23.7 Å². The number of nitrogens with zero attached hydrogens (tertiary/aromatic N) is 2. The minimum absolute atomic E-state index is 0.0223. The van der Waals surface area contributed by atoms with Crippen LogP contribution in [0, 0.1) is 30.3 Å². The number of ether oxygens (including phenoxy) is 1. The lowest BCUT2D eigenvalue weighted by atomic mass is 9.87. The van der Waals surface area contributed by atoms with Crippen LogP contribution in [-0.2, 0) is 0 Å². The van der Waals surface area contributed by atoms with Crippen LogP contribution in [0.25, 0.3) is 16.6 Å². The molecule has 0 unspecified atom stereocenters. The summed E-state index contributed by atoms with van der Waals surface area (Å²) in [4.78, 5) is 26.1. The molecule has 2 N–H and O–H groups in total. The first-order chi connectivity index (χ1) is 16.4. The quantitative estimate of drug-likeness (QED) is 0.510. The van der Waals surface area contributed by atoms with Crippen molar-refractivity contribution in [2.45, 2.75) is 32.7 Å². The van der Waals surface area contributed by atoms with Gasteiger partial charge in [-0.2, -0.15) is 0 Å². The Morgan fingerprint density at radius 2 is 1.91 bits per heavy atom. The van der Waals surface area contributed by atoms with Crippen molar-refractivity contribution < 1.29 is 27.8 Å². The maximum Gasteiger partial charge on any atom is 0.511 e. The predicted molar refractivity (Wildman–Crippen MR) is 126 cm³/mol. The second-order valence-corrected chi connectivity index (χ2v) is 9.29. The van der Waals surface area contributed by atoms with Gasteiger partial charge in [0.2, 0.25) is 5.43 Å². The number of hydrogen-bond donors (Lipinski definition) is 2. The summed E-state index contributed by atoms with van der Waals surface area (Å²) in [5.41, 5.74) is -0.820. The van der Waals surface area contributed by atoms with E-state index in [1.54, 1.807) is 0 Å². The number of benzene rings is 2. The number of pyridine rings is 1. The van der Waals surface area contributed by atoms with Gasteiger partial charge in [0.15, 0.2) is 5.75 Å². The van der Waals surface area contributed by atoms with Crippen molar-refractivity contribution in [3.63, 3.8) is 0 Å². The van der Waals surface area contributed by atoms with E-state index in [9.17, 15) is 18.4 Å². The maximum atomic E-state index is 15.6. The molecule has 3 aromatic rings. The van der Waals surface area contributed by atoms with Gasteiger partial charge in [-0.05, 0) is 58.4 Å². The molecule has 10 heteroatoms. The fourth-order valence-electron chi connectivity index (χ4n) is 4.65. The van der Waals surface area contributed by atoms with Crippen molar-refractivity contribution in [1.29, 1.82) is 0 Å². The Balaban J connectivity index is 1.97. The van der Waals surface area contributed by atoms with E-state index in [-0.39, 0.29) is 39.3 Å². The molecule has 1 aliphatic rings. The minimum atomic E-state index is -1.75. The maximum absolute atomic E-state index is 15.6. The number of aryl methyl sites for hydroxylation is 1. The van der Waals surface area contributed by atoms with Gasteiger partial charge in [-0.3, -0.25) is 4.79 Å². The van der Waals surface area contributed by atoms with Gasteiger partial charge in [-0.15, -0.1) is 0 Å². The van der Waals surface area contributed by atoms with E-state index in [4.69, 9.17) is 5.11 Å². The number of nitrogens with one attached hydrogen (secondary N) is 1. The zero-order valence-corrected chi connectivity index (χ0v) is 19.8. The molecule has 2 aromatic carbocycles. The molecule has 186 valence electrons. The Hall–Kier alpha value is -3.53. The highest BCUT2D eigenvalue weighted by atomic mass is 19.1. The highest BCUT2D eigenvalue weighted by Crippen LogP contribution is 2.36. The summed E-state index contributed by atoms with van der Waals surface area (Å²) in [5.74, 6) is -2.78. The zero-order valence-electron chi connectivity index (χ0n) is 19.8. The van der Waals surface area contributed by atoms with Crippen LogP contribution in [0.15, 0.2) is 35.3 Å². The molecule has 1 saturated heterocycles. The van der Waals surface area contributed by atoms with E-state index in [0.717, 1.165) is 24.8 Å². The first-order valence-electron chi connectivity index (χ1n) is 11.1. The van der Waals surface area contributed by atoms with Gasteiger partial charge in [0.25, 0.3) is 0 Å². The fourth-order valence-corrected chi connectivity index (χ4v) is 4.65. The average molecular weight is 489 g/mol. The van der Waals surface area contributed by atoms with Crippen molar-refractivity contribution in [2.75, 3.05) is 25.0 Å². The number of carboxylic acid groups (broad SMARTS) is 1. The molecule has 35 heavy (non-hydrogen) atoms. The van der Waals surface area contributed by atoms with Gasteiger partial charge in [-0.1, -0.05) is 0 Å². The smallest absolute Gasteiger partial charge is 0.449 e. The summed E-state index contributed by atoms with van der Waals surface area (Å²) in [6, 6.07) is 4.29. The number of aromatic nitrogens is 1. The molecule has 1 aromatic heterocycles. The Morgan fingerprint density at radius 1 is 1.20 bits per heavy atom. The first kappa shape index (κ1) is 24.6. The minimum Gasteiger partial charge on any atom is -0.449 e. The van der Waals surface area contributed by atoms with Crippen molar-refractivity contribution in [1.82, 2.24) is 9.88 Å². The normalized spacial score (nSPS) is 16.2. The highest BCUT2D eigenvalue weighted by molar-refractivity contribution is 5.89. The SMILES string of the molecule is CNC(C)(C)[C@@H]1CCN(c2cc3c(c(C)c2F)c(=O)c(OC(=O)O)cn3-c2ccc(F)cc2F)C1. The number of fused-ring (bicyclic) bond motifs is 1. The van der Waals surface area contributed by atoms with E-state index in [0.29, 0.717) is 19.2 Å². The van der Waals surface area contributed by atoms with E-state index in [1.807, 2.05) is 11.9 Å². The van der Waals surface area contributed by atoms with E-state index >= 15 is 4.39 Å². The van der Waals surface area contributed by atoms with E-state index < -0.39 is 34.8 Å². The zero-order chi connectivity index (χ0) is 25.7. The Kier molecular flexibility index (Phi) is 6.27. The number of halogens is 3. The number of rotatable bonds is 5. The lowest BCUT2D eigenvalue weighted by Gasteiger charge is -2.31. The van der Waals surface area contributed by atoms with Crippen molar-refractivity contribution in [2.24, 2.45) is 5.92 Å². The number of hydrogen-bond acceptors (Lipinski definition) is 5. The molecular weight excluding hydrogens is 463 g/mol. The molecule has 0 aliphatic carbocycles. The van der Waals surface area contributed by atoms with Crippen molar-refractivity contribution >= 4 is 22.7 Å². The number of carbonyl (C=O) groups is 1. The average Bonchev–Trinajstić information content (AvgIpc) is 3.29. The van der Waals surface area contributed by atoms with Crippen LogP contribution in [0.2, 0.25) is 0 Å². The molecule has 0 saturated carbocycles. The summed E-state index contributed by atoms with van der Waals surface area (Å²) in [5, 5.41) is 12.2. The Morgan fingerprint density at radius 3 is 2.54 bits per heavy atom. The molecule has 0 spiro atoms. The van der Waals surface area contributed by atoms with E-state index in [2.05, 4.69) is 23.9 Å². The van der Waals surface area contributed by atoms with Gasteiger partial charge in [0.1, 0.15) is 17.5 Å². The van der Waals surface area contributed by atoms with Gasteiger partial charge in [0.05, 0.1) is 28.5 Å². The van der Waals surface area contributed by atoms with Gasteiger partial charge >= 0.3 is 6.16 Å². The lowest BCUT2D eigenvalue weighted by Crippen LogP contribution is -2.45. The molecule has 2 heterocycles. The third-order valence-corrected chi connectivity index (χ3v) is 6.98. The highest BCUT2D eigenvalue weighted by Gasteiger charge is 2.35. The van der Waals surface area contributed by atoms with Gasteiger partial charge < -0.3 is 24.6 Å². The topological polar surface area (TPSA) is 83.8 Å². The fraction of sp³-hybridized carbons (Fsp3) is 0.360. The van der Waals surface area contributed by atoms with Crippen molar-refractivity contribution in [3.8, 4) is 11.4 Å². The van der Waals surface area contributed by atoms with Crippen LogP contribution >= 0.6 is 0 Å². The Labute approximate surface area is 199 Å². The third-order valence-electron chi connectivity index (χ3n) is 6.98. The number of anilines is 1. The molecule has 1 aliphatic heterocycles. The summed E-state index contributed by atoms with van der Waals surface area (Å²) in [6.07, 6.45) is 0.0834. The molecule has 0 amide bonds. The van der Waals surface area contributed by atoms with Gasteiger partial charge in [0, 0.05) is 30.3 Å². The molecule has 0 radical (unpaired) electrons. The molecule has 1 atom stereocenters.